The Morgan fingerprint density at radius 1 is 0.967 bits per heavy atom. The average molecular weight is 451 g/mol. The van der Waals surface area contributed by atoms with Gasteiger partial charge in [0.25, 0.3) is 0 Å². The fourth-order valence-electron chi connectivity index (χ4n) is 3.84. The van der Waals surface area contributed by atoms with E-state index in [-0.39, 0.29) is 4.90 Å². The molecule has 7 nitrogen and oxygen atoms in total. The molecule has 2 aromatic rings. The van der Waals surface area contributed by atoms with Crippen LogP contribution in [0.4, 0.5) is 5.82 Å². The first-order chi connectivity index (χ1) is 14.5. The van der Waals surface area contributed by atoms with E-state index in [1.165, 1.54) is 6.20 Å². The Morgan fingerprint density at radius 2 is 1.70 bits per heavy atom. The SMILES string of the molecule is O=S(=O)(c1ccc(N2CCN(CCOc3ccccc3Cl)CC2)nc1)N1CCCC1. The molecule has 2 saturated heterocycles. The molecule has 0 N–H and O–H groups in total. The third kappa shape index (κ3) is 4.88. The molecule has 0 unspecified atom stereocenters. The number of hydrogen-bond donors (Lipinski definition) is 0. The molecule has 0 aliphatic carbocycles. The number of pyridine rings is 1. The zero-order valence-electron chi connectivity index (χ0n) is 16.9. The van der Waals surface area contributed by atoms with Crippen LogP contribution < -0.4 is 9.64 Å². The number of aromatic nitrogens is 1. The number of hydrogen-bond acceptors (Lipinski definition) is 6. The van der Waals surface area contributed by atoms with Crippen LogP contribution in [0.5, 0.6) is 5.75 Å². The summed E-state index contributed by atoms with van der Waals surface area (Å²) in [4.78, 5) is 9.26. The Kier molecular flexibility index (Phi) is 6.77. The number of ether oxygens (including phenoxy) is 1. The van der Waals surface area contributed by atoms with E-state index in [1.54, 1.807) is 10.4 Å². The third-order valence-electron chi connectivity index (χ3n) is 5.62. The predicted octanol–water partition coefficient (Wildman–Crippen LogP) is 2.72. The maximum Gasteiger partial charge on any atom is 0.244 e. The summed E-state index contributed by atoms with van der Waals surface area (Å²) in [6.45, 7) is 6.13. The first kappa shape index (κ1) is 21.4. The highest BCUT2D eigenvalue weighted by Crippen LogP contribution is 2.24. The van der Waals surface area contributed by atoms with Gasteiger partial charge in [0.1, 0.15) is 23.1 Å². The molecule has 0 spiro atoms. The number of halogens is 1. The zero-order valence-corrected chi connectivity index (χ0v) is 18.5. The highest BCUT2D eigenvalue weighted by atomic mass is 35.5. The van der Waals surface area contributed by atoms with Gasteiger partial charge in [-0.1, -0.05) is 23.7 Å². The molecule has 4 rings (SSSR count). The summed E-state index contributed by atoms with van der Waals surface area (Å²) < 4.78 is 32.6. The minimum atomic E-state index is -3.41. The Labute approximate surface area is 183 Å². The highest BCUT2D eigenvalue weighted by molar-refractivity contribution is 7.89. The summed E-state index contributed by atoms with van der Waals surface area (Å²) in [6.07, 6.45) is 3.35. The van der Waals surface area contributed by atoms with Crippen LogP contribution in [0.1, 0.15) is 12.8 Å². The quantitative estimate of drug-likeness (QED) is 0.646. The maximum atomic E-state index is 12.6. The third-order valence-corrected chi connectivity index (χ3v) is 7.82. The topological polar surface area (TPSA) is 66.0 Å². The molecule has 2 aliphatic heterocycles. The van der Waals surface area contributed by atoms with Gasteiger partial charge in [-0.3, -0.25) is 4.90 Å². The lowest BCUT2D eigenvalue weighted by molar-refractivity contribution is 0.200. The molecule has 1 aromatic carbocycles. The van der Waals surface area contributed by atoms with Crippen molar-refractivity contribution >= 4 is 27.4 Å². The number of anilines is 1. The number of nitrogens with zero attached hydrogens (tertiary/aromatic N) is 4. The molecule has 0 radical (unpaired) electrons. The normalized spacial score (nSPS) is 18.6. The van der Waals surface area contributed by atoms with E-state index in [0.717, 1.165) is 51.4 Å². The van der Waals surface area contributed by atoms with Crippen molar-refractivity contribution < 1.29 is 13.2 Å². The Balaban J connectivity index is 1.26. The molecule has 0 atom stereocenters. The van der Waals surface area contributed by atoms with Crippen molar-refractivity contribution in [1.82, 2.24) is 14.2 Å². The van der Waals surface area contributed by atoms with Crippen molar-refractivity contribution in [3.63, 3.8) is 0 Å². The molecule has 2 aliphatic rings. The number of piperazine rings is 1. The minimum Gasteiger partial charge on any atom is -0.491 e. The van der Waals surface area contributed by atoms with Gasteiger partial charge in [-0.05, 0) is 37.1 Å². The molecule has 162 valence electrons. The van der Waals surface area contributed by atoms with Crippen LogP contribution in [0, 0.1) is 0 Å². The first-order valence-corrected chi connectivity index (χ1v) is 12.2. The summed E-state index contributed by atoms with van der Waals surface area (Å²) in [7, 11) is -3.41. The van der Waals surface area contributed by atoms with Crippen molar-refractivity contribution in [3.8, 4) is 5.75 Å². The van der Waals surface area contributed by atoms with Crippen LogP contribution in [0.2, 0.25) is 5.02 Å². The van der Waals surface area contributed by atoms with Gasteiger partial charge in [0.15, 0.2) is 0 Å². The van der Waals surface area contributed by atoms with Gasteiger partial charge >= 0.3 is 0 Å². The van der Waals surface area contributed by atoms with Crippen molar-refractivity contribution in [2.24, 2.45) is 0 Å². The van der Waals surface area contributed by atoms with Crippen LogP contribution in [0.15, 0.2) is 47.5 Å². The number of benzene rings is 1. The first-order valence-electron chi connectivity index (χ1n) is 10.3. The van der Waals surface area contributed by atoms with Gasteiger partial charge in [0.2, 0.25) is 10.0 Å². The number of para-hydroxylation sites is 1. The summed E-state index contributed by atoms with van der Waals surface area (Å²) >= 11 is 6.12. The summed E-state index contributed by atoms with van der Waals surface area (Å²) in [5.74, 6) is 1.54. The predicted molar refractivity (Wildman–Crippen MR) is 118 cm³/mol. The van der Waals surface area contributed by atoms with Crippen molar-refractivity contribution in [2.75, 3.05) is 57.3 Å². The summed E-state index contributed by atoms with van der Waals surface area (Å²) in [5, 5.41) is 0.628. The van der Waals surface area contributed by atoms with E-state index in [1.807, 2.05) is 30.3 Å². The van der Waals surface area contributed by atoms with Crippen LogP contribution in [-0.4, -0.2) is 75.0 Å². The summed E-state index contributed by atoms with van der Waals surface area (Å²) in [5.41, 5.74) is 0. The molecule has 0 saturated carbocycles. The van der Waals surface area contributed by atoms with Crippen LogP contribution in [0.3, 0.4) is 0 Å². The number of sulfonamides is 1. The molecule has 9 heteroatoms. The Morgan fingerprint density at radius 3 is 2.37 bits per heavy atom. The lowest BCUT2D eigenvalue weighted by Crippen LogP contribution is -2.47. The lowest BCUT2D eigenvalue weighted by Gasteiger charge is -2.35. The zero-order chi connectivity index (χ0) is 21.0. The van der Waals surface area contributed by atoms with E-state index >= 15 is 0 Å². The monoisotopic (exact) mass is 450 g/mol. The minimum absolute atomic E-state index is 0.281. The molecule has 1 aromatic heterocycles. The fraction of sp³-hybridized carbons (Fsp3) is 0.476. The standard InChI is InChI=1S/C21H27ClN4O3S/c22-19-5-1-2-6-20(19)29-16-15-24-11-13-25(14-12-24)21-8-7-18(17-23-21)30(27,28)26-9-3-4-10-26/h1-2,5-8,17H,3-4,9-16H2. The Bertz CT molecular complexity index is 941. The van der Waals surface area contributed by atoms with Gasteiger partial charge in [-0.25, -0.2) is 13.4 Å². The van der Waals surface area contributed by atoms with Gasteiger partial charge in [-0.2, -0.15) is 4.31 Å². The van der Waals surface area contributed by atoms with Crippen LogP contribution in [0.25, 0.3) is 0 Å². The van der Waals surface area contributed by atoms with Gasteiger partial charge in [-0.15, -0.1) is 0 Å². The van der Waals surface area contributed by atoms with E-state index in [9.17, 15) is 8.42 Å². The molecule has 30 heavy (non-hydrogen) atoms. The second-order valence-electron chi connectivity index (χ2n) is 7.57. The van der Waals surface area contributed by atoms with Crippen molar-refractivity contribution in [1.29, 1.82) is 0 Å². The smallest absolute Gasteiger partial charge is 0.244 e. The van der Waals surface area contributed by atoms with Crippen molar-refractivity contribution in [2.45, 2.75) is 17.7 Å². The second kappa shape index (κ2) is 9.51. The number of rotatable bonds is 7. The largest absolute Gasteiger partial charge is 0.491 e. The van der Waals surface area contributed by atoms with E-state index in [2.05, 4.69) is 14.8 Å². The van der Waals surface area contributed by atoms with E-state index in [4.69, 9.17) is 16.3 Å². The maximum absolute atomic E-state index is 12.6. The van der Waals surface area contributed by atoms with Crippen molar-refractivity contribution in [3.05, 3.63) is 47.6 Å². The molecule has 2 fully saturated rings. The lowest BCUT2D eigenvalue weighted by atomic mass is 10.3. The van der Waals surface area contributed by atoms with Gasteiger partial charge < -0.3 is 9.64 Å². The molecule has 3 heterocycles. The summed E-state index contributed by atoms with van der Waals surface area (Å²) in [6, 6.07) is 11.0. The Hall–Kier alpha value is -1.87. The van der Waals surface area contributed by atoms with Crippen LogP contribution >= 0.6 is 11.6 Å². The van der Waals surface area contributed by atoms with Gasteiger partial charge in [0, 0.05) is 52.0 Å². The molecule has 0 amide bonds. The average Bonchev–Trinajstić information content (AvgIpc) is 3.32. The molecular weight excluding hydrogens is 424 g/mol. The molecular formula is C21H27ClN4O3S. The fourth-order valence-corrected chi connectivity index (χ4v) is 5.49. The highest BCUT2D eigenvalue weighted by Gasteiger charge is 2.27. The van der Waals surface area contributed by atoms with E-state index in [0.29, 0.717) is 30.5 Å². The van der Waals surface area contributed by atoms with E-state index < -0.39 is 10.0 Å². The molecule has 0 bridgehead atoms. The second-order valence-corrected chi connectivity index (χ2v) is 9.92. The van der Waals surface area contributed by atoms with Crippen LogP contribution in [-0.2, 0) is 10.0 Å². The van der Waals surface area contributed by atoms with Gasteiger partial charge in [0.05, 0.1) is 5.02 Å².